The highest BCUT2D eigenvalue weighted by molar-refractivity contribution is 5.31. The minimum absolute atomic E-state index is 0.579. The van der Waals surface area contributed by atoms with E-state index < -0.39 is 0 Å². The lowest BCUT2D eigenvalue weighted by molar-refractivity contribution is 0.454. The van der Waals surface area contributed by atoms with E-state index in [9.17, 15) is 0 Å². The van der Waals surface area contributed by atoms with Gasteiger partial charge in [0, 0.05) is 23.9 Å². The summed E-state index contributed by atoms with van der Waals surface area (Å²) in [7, 11) is 0. The molecule has 0 bridgehead atoms. The molecule has 1 aromatic heterocycles. The first-order valence-corrected chi connectivity index (χ1v) is 7.94. The molecule has 1 aliphatic rings. The molecule has 3 rings (SSSR count). The van der Waals surface area contributed by atoms with E-state index in [4.69, 9.17) is 4.98 Å². The summed E-state index contributed by atoms with van der Waals surface area (Å²) in [5.74, 6) is 0.579. The molecule has 2 nitrogen and oxygen atoms in total. The number of nitrogens with one attached hydrogen (secondary N) is 1. The van der Waals surface area contributed by atoms with Crippen LogP contribution in [0, 0.1) is 13.8 Å². The van der Waals surface area contributed by atoms with Gasteiger partial charge in [0.15, 0.2) is 0 Å². The number of aromatic nitrogens is 1. The second kappa shape index (κ2) is 6.40. The number of aryl methyl sites for hydroxylation is 2. The molecular formula is C19H24N2. The Morgan fingerprint density at radius 1 is 1.14 bits per heavy atom. The lowest BCUT2D eigenvalue weighted by atomic mass is 9.93. The minimum atomic E-state index is 0.579. The van der Waals surface area contributed by atoms with Crippen molar-refractivity contribution in [3.05, 3.63) is 64.5 Å². The molecule has 1 N–H and O–H groups in total. The molecule has 0 amide bonds. The van der Waals surface area contributed by atoms with Crippen LogP contribution in [-0.2, 0) is 6.42 Å². The number of rotatable bonds is 3. The molecule has 2 heterocycles. The molecule has 21 heavy (non-hydrogen) atoms. The van der Waals surface area contributed by atoms with E-state index in [1.54, 1.807) is 0 Å². The maximum absolute atomic E-state index is 4.78. The summed E-state index contributed by atoms with van der Waals surface area (Å²) in [6.07, 6.45) is 3.51. The molecule has 2 aromatic rings. The third-order valence-corrected chi connectivity index (χ3v) is 4.24. The number of benzene rings is 1. The Morgan fingerprint density at radius 2 is 2.05 bits per heavy atom. The topological polar surface area (TPSA) is 24.9 Å². The Balaban J connectivity index is 1.83. The number of hydrogen-bond donors (Lipinski definition) is 1. The second-order valence-electron chi connectivity index (χ2n) is 6.25. The fraction of sp³-hybridized carbons (Fsp3) is 0.421. The SMILES string of the molecule is Cc1cccc(Cc2cc(C)nc([C@@H]3CCCNC3)c2)c1. The molecule has 2 heteroatoms. The van der Waals surface area contributed by atoms with Gasteiger partial charge in [-0.05, 0) is 62.9 Å². The van der Waals surface area contributed by atoms with Crippen LogP contribution in [-0.4, -0.2) is 18.1 Å². The lowest BCUT2D eigenvalue weighted by Crippen LogP contribution is -2.29. The molecule has 110 valence electrons. The van der Waals surface area contributed by atoms with Gasteiger partial charge in [-0.2, -0.15) is 0 Å². The van der Waals surface area contributed by atoms with Gasteiger partial charge < -0.3 is 5.32 Å². The zero-order valence-corrected chi connectivity index (χ0v) is 13.0. The summed E-state index contributed by atoms with van der Waals surface area (Å²) in [6.45, 7) is 6.48. The molecule has 1 fully saturated rings. The number of pyridine rings is 1. The average molecular weight is 280 g/mol. The summed E-state index contributed by atoms with van der Waals surface area (Å²) in [4.78, 5) is 4.78. The van der Waals surface area contributed by atoms with Gasteiger partial charge in [0.25, 0.3) is 0 Å². The van der Waals surface area contributed by atoms with E-state index in [2.05, 4.69) is 55.6 Å². The van der Waals surface area contributed by atoms with Crippen molar-refractivity contribution < 1.29 is 0 Å². The Bertz CT molecular complexity index is 613. The van der Waals surface area contributed by atoms with E-state index in [1.807, 2.05) is 0 Å². The van der Waals surface area contributed by atoms with E-state index in [1.165, 1.54) is 35.2 Å². The van der Waals surface area contributed by atoms with Crippen LogP contribution in [0.25, 0.3) is 0 Å². The van der Waals surface area contributed by atoms with Gasteiger partial charge >= 0.3 is 0 Å². The van der Waals surface area contributed by atoms with Crippen molar-refractivity contribution in [1.29, 1.82) is 0 Å². The molecule has 0 radical (unpaired) electrons. The summed E-state index contributed by atoms with van der Waals surface area (Å²) in [5.41, 5.74) is 6.50. The Kier molecular flexibility index (Phi) is 4.35. The van der Waals surface area contributed by atoms with Gasteiger partial charge in [-0.25, -0.2) is 0 Å². The predicted molar refractivity (Wildman–Crippen MR) is 87.8 cm³/mol. The van der Waals surface area contributed by atoms with Crippen LogP contribution in [0.2, 0.25) is 0 Å². The van der Waals surface area contributed by atoms with Crippen molar-refractivity contribution in [2.75, 3.05) is 13.1 Å². The first kappa shape index (κ1) is 14.3. The van der Waals surface area contributed by atoms with E-state index in [0.717, 1.165) is 25.2 Å². The largest absolute Gasteiger partial charge is 0.316 e. The third kappa shape index (κ3) is 3.70. The molecule has 0 unspecified atom stereocenters. The Hall–Kier alpha value is -1.67. The maximum atomic E-state index is 4.78. The molecular weight excluding hydrogens is 256 g/mol. The molecule has 1 saturated heterocycles. The van der Waals surface area contributed by atoms with Gasteiger partial charge in [-0.1, -0.05) is 29.8 Å². The highest BCUT2D eigenvalue weighted by Gasteiger charge is 2.17. The predicted octanol–water partition coefficient (Wildman–Crippen LogP) is 3.76. The average Bonchev–Trinajstić information content (AvgIpc) is 2.47. The number of hydrogen-bond acceptors (Lipinski definition) is 2. The van der Waals surface area contributed by atoms with Crippen LogP contribution >= 0.6 is 0 Å². The van der Waals surface area contributed by atoms with Crippen LogP contribution in [0.4, 0.5) is 0 Å². The van der Waals surface area contributed by atoms with Crippen LogP contribution in [0.5, 0.6) is 0 Å². The van der Waals surface area contributed by atoms with Crippen molar-refractivity contribution in [3.63, 3.8) is 0 Å². The molecule has 0 spiro atoms. The lowest BCUT2D eigenvalue weighted by Gasteiger charge is -2.23. The van der Waals surface area contributed by atoms with Gasteiger partial charge in [-0.3, -0.25) is 4.98 Å². The number of piperidine rings is 1. The smallest absolute Gasteiger partial charge is 0.0453 e. The third-order valence-electron chi connectivity index (χ3n) is 4.24. The van der Waals surface area contributed by atoms with Crippen LogP contribution in [0.15, 0.2) is 36.4 Å². The van der Waals surface area contributed by atoms with Crippen molar-refractivity contribution >= 4 is 0 Å². The van der Waals surface area contributed by atoms with E-state index >= 15 is 0 Å². The Morgan fingerprint density at radius 3 is 2.81 bits per heavy atom. The van der Waals surface area contributed by atoms with Gasteiger partial charge in [0.2, 0.25) is 0 Å². The molecule has 0 saturated carbocycles. The van der Waals surface area contributed by atoms with Gasteiger partial charge in [-0.15, -0.1) is 0 Å². The van der Waals surface area contributed by atoms with E-state index in [-0.39, 0.29) is 0 Å². The van der Waals surface area contributed by atoms with Gasteiger partial charge in [0.1, 0.15) is 0 Å². The maximum Gasteiger partial charge on any atom is 0.0453 e. The Labute approximate surface area is 127 Å². The van der Waals surface area contributed by atoms with Crippen LogP contribution < -0.4 is 5.32 Å². The summed E-state index contributed by atoms with van der Waals surface area (Å²) >= 11 is 0. The second-order valence-corrected chi connectivity index (χ2v) is 6.25. The van der Waals surface area contributed by atoms with Crippen molar-refractivity contribution in [1.82, 2.24) is 10.3 Å². The standard InChI is InChI=1S/C19H24N2/c1-14-5-3-6-16(9-14)11-17-10-15(2)21-19(12-17)18-7-4-8-20-13-18/h3,5-6,9-10,12,18,20H,4,7-8,11,13H2,1-2H3/t18-/m1/s1. The van der Waals surface area contributed by atoms with Crippen molar-refractivity contribution in [2.45, 2.75) is 39.0 Å². The molecule has 1 aromatic carbocycles. The van der Waals surface area contributed by atoms with Gasteiger partial charge in [0.05, 0.1) is 0 Å². The fourth-order valence-corrected chi connectivity index (χ4v) is 3.24. The molecule has 0 aliphatic carbocycles. The van der Waals surface area contributed by atoms with Crippen molar-refractivity contribution in [3.8, 4) is 0 Å². The summed E-state index contributed by atoms with van der Waals surface area (Å²) < 4.78 is 0. The first-order chi connectivity index (χ1) is 10.2. The van der Waals surface area contributed by atoms with Crippen LogP contribution in [0.3, 0.4) is 0 Å². The zero-order valence-electron chi connectivity index (χ0n) is 13.0. The number of nitrogens with zero attached hydrogens (tertiary/aromatic N) is 1. The zero-order chi connectivity index (χ0) is 14.7. The molecule has 1 atom stereocenters. The normalized spacial score (nSPS) is 18.7. The fourth-order valence-electron chi connectivity index (χ4n) is 3.24. The van der Waals surface area contributed by atoms with Crippen LogP contribution in [0.1, 0.15) is 46.8 Å². The summed E-state index contributed by atoms with van der Waals surface area (Å²) in [6, 6.07) is 13.3. The quantitative estimate of drug-likeness (QED) is 0.926. The molecule has 1 aliphatic heterocycles. The van der Waals surface area contributed by atoms with E-state index in [0.29, 0.717) is 5.92 Å². The minimum Gasteiger partial charge on any atom is -0.316 e. The summed E-state index contributed by atoms with van der Waals surface area (Å²) in [5, 5.41) is 3.49. The highest BCUT2D eigenvalue weighted by atomic mass is 14.9. The first-order valence-electron chi connectivity index (χ1n) is 7.94. The van der Waals surface area contributed by atoms with Crippen molar-refractivity contribution in [2.24, 2.45) is 0 Å². The highest BCUT2D eigenvalue weighted by Crippen LogP contribution is 2.24. The monoisotopic (exact) mass is 280 g/mol.